The lowest BCUT2D eigenvalue weighted by atomic mass is 9.97. The van der Waals surface area contributed by atoms with Crippen LogP contribution in [-0.4, -0.2) is 60.6 Å². The minimum absolute atomic E-state index is 0.198. The Hall–Kier alpha value is -0.910. The van der Waals surface area contributed by atoms with Crippen LogP contribution in [0.2, 0.25) is 0 Å². The van der Waals surface area contributed by atoms with Crippen molar-refractivity contribution in [3.05, 3.63) is 22.4 Å². The fourth-order valence-electron chi connectivity index (χ4n) is 3.22. The van der Waals surface area contributed by atoms with Crippen molar-refractivity contribution in [3.63, 3.8) is 0 Å². The molecule has 3 rings (SSSR count). The highest BCUT2D eigenvalue weighted by molar-refractivity contribution is 7.07. The third kappa shape index (κ3) is 2.90. The maximum absolute atomic E-state index is 12.5. The van der Waals surface area contributed by atoms with Crippen molar-refractivity contribution in [2.75, 3.05) is 32.8 Å². The van der Waals surface area contributed by atoms with Crippen molar-refractivity contribution in [2.24, 2.45) is 0 Å². The molecule has 2 aliphatic rings. The number of hydrogen-bond donors (Lipinski definition) is 0. The molecule has 110 valence electrons. The maximum Gasteiger partial charge on any atom is 0.227 e. The highest BCUT2D eigenvalue weighted by atomic mass is 32.1. The van der Waals surface area contributed by atoms with Gasteiger partial charge in [0.1, 0.15) is 0 Å². The molecule has 0 bridgehead atoms. The van der Waals surface area contributed by atoms with Gasteiger partial charge in [-0.1, -0.05) is 6.92 Å². The van der Waals surface area contributed by atoms with E-state index in [-0.39, 0.29) is 18.1 Å². The molecule has 0 aliphatic carbocycles. The van der Waals surface area contributed by atoms with Crippen molar-refractivity contribution in [2.45, 2.75) is 31.9 Å². The summed E-state index contributed by atoms with van der Waals surface area (Å²) < 4.78 is 5.90. The van der Waals surface area contributed by atoms with E-state index < -0.39 is 0 Å². The smallest absolute Gasteiger partial charge is 0.227 e. The third-order valence-electron chi connectivity index (χ3n) is 4.38. The fourth-order valence-corrected chi connectivity index (χ4v) is 3.89. The van der Waals surface area contributed by atoms with Crippen molar-refractivity contribution >= 4 is 17.2 Å². The molecule has 0 saturated carbocycles. The Bertz CT molecular complexity index is 449. The Morgan fingerprint density at radius 3 is 3.15 bits per heavy atom. The van der Waals surface area contributed by atoms with Gasteiger partial charge >= 0.3 is 0 Å². The van der Waals surface area contributed by atoms with Crippen molar-refractivity contribution in [3.8, 4) is 0 Å². The topological polar surface area (TPSA) is 32.8 Å². The van der Waals surface area contributed by atoms with Gasteiger partial charge in [-0.05, 0) is 35.4 Å². The predicted molar refractivity (Wildman–Crippen MR) is 80.0 cm³/mol. The molecule has 2 atom stereocenters. The monoisotopic (exact) mass is 294 g/mol. The summed E-state index contributed by atoms with van der Waals surface area (Å²) >= 11 is 1.65. The Balaban J connectivity index is 1.65. The summed E-state index contributed by atoms with van der Waals surface area (Å²) in [6.07, 6.45) is 1.77. The first-order chi connectivity index (χ1) is 9.78. The molecular weight excluding hydrogens is 272 g/mol. The zero-order valence-electron chi connectivity index (χ0n) is 12.0. The van der Waals surface area contributed by atoms with Crippen LogP contribution in [0.1, 0.15) is 18.9 Å². The minimum atomic E-state index is 0.198. The van der Waals surface area contributed by atoms with Crippen LogP contribution in [-0.2, 0) is 16.0 Å². The van der Waals surface area contributed by atoms with Crippen LogP contribution >= 0.6 is 11.3 Å². The number of hydrogen-bond acceptors (Lipinski definition) is 4. The van der Waals surface area contributed by atoms with Gasteiger partial charge in [-0.25, -0.2) is 0 Å². The fraction of sp³-hybridized carbons (Fsp3) is 0.667. The molecule has 0 spiro atoms. The number of likely N-dealkylation sites (N-methyl/N-ethyl adjacent to an activating group) is 1. The molecule has 4 nitrogen and oxygen atoms in total. The molecule has 0 N–H and O–H groups in total. The summed E-state index contributed by atoms with van der Waals surface area (Å²) in [5.41, 5.74) is 1.13. The minimum Gasteiger partial charge on any atom is -0.373 e. The van der Waals surface area contributed by atoms with Gasteiger partial charge in [0.2, 0.25) is 5.91 Å². The van der Waals surface area contributed by atoms with E-state index in [1.807, 2.05) is 11.4 Å². The Morgan fingerprint density at radius 2 is 2.40 bits per heavy atom. The number of rotatable bonds is 3. The van der Waals surface area contributed by atoms with E-state index in [1.165, 1.54) is 0 Å². The van der Waals surface area contributed by atoms with Gasteiger partial charge in [-0.3, -0.25) is 4.79 Å². The lowest BCUT2D eigenvalue weighted by Crippen LogP contribution is -2.60. The van der Waals surface area contributed by atoms with Crippen LogP contribution < -0.4 is 0 Å². The van der Waals surface area contributed by atoms with Gasteiger partial charge in [-0.2, -0.15) is 11.3 Å². The zero-order valence-corrected chi connectivity index (χ0v) is 12.8. The first-order valence-corrected chi connectivity index (χ1v) is 8.36. The normalized spacial score (nSPS) is 27.4. The van der Waals surface area contributed by atoms with E-state index in [9.17, 15) is 4.79 Å². The Kier molecular flexibility index (Phi) is 4.38. The summed E-state index contributed by atoms with van der Waals surface area (Å²) in [7, 11) is 0. The van der Waals surface area contributed by atoms with Gasteiger partial charge in [-0.15, -0.1) is 0 Å². The Morgan fingerprint density at radius 1 is 1.50 bits per heavy atom. The molecule has 0 unspecified atom stereocenters. The van der Waals surface area contributed by atoms with Gasteiger partial charge in [0.05, 0.1) is 25.2 Å². The molecule has 0 radical (unpaired) electrons. The highest BCUT2D eigenvalue weighted by Gasteiger charge is 2.38. The molecule has 2 fully saturated rings. The first-order valence-electron chi connectivity index (χ1n) is 7.42. The third-order valence-corrected chi connectivity index (χ3v) is 5.11. The largest absolute Gasteiger partial charge is 0.373 e. The van der Waals surface area contributed by atoms with E-state index in [0.717, 1.165) is 38.2 Å². The van der Waals surface area contributed by atoms with Crippen LogP contribution in [0.3, 0.4) is 0 Å². The van der Waals surface area contributed by atoms with Crippen molar-refractivity contribution in [1.82, 2.24) is 9.80 Å². The van der Waals surface area contributed by atoms with E-state index in [2.05, 4.69) is 22.1 Å². The lowest BCUT2D eigenvalue weighted by molar-refractivity contribution is -0.151. The van der Waals surface area contributed by atoms with Crippen LogP contribution in [0.15, 0.2) is 16.8 Å². The SMILES string of the molecule is CCN1CC[C@H]2[C@@H](C1)OCCN2C(=O)Cc1ccsc1. The number of carbonyl (C=O) groups excluding carboxylic acids is 1. The van der Waals surface area contributed by atoms with Crippen LogP contribution in [0, 0.1) is 0 Å². The van der Waals surface area contributed by atoms with Gasteiger partial charge in [0, 0.05) is 19.6 Å². The summed E-state index contributed by atoms with van der Waals surface area (Å²) in [5, 5.41) is 4.10. The average molecular weight is 294 g/mol. The number of morpholine rings is 1. The Labute approximate surface area is 124 Å². The number of thiophene rings is 1. The second-order valence-electron chi connectivity index (χ2n) is 5.55. The first kappa shape index (κ1) is 14.0. The number of piperidine rings is 1. The highest BCUT2D eigenvalue weighted by Crippen LogP contribution is 2.24. The number of carbonyl (C=O) groups is 1. The van der Waals surface area contributed by atoms with Crippen molar-refractivity contribution < 1.29 is 9.53 Å². The molecular formula is C15H22N2O2S. The van der Waals surface area contributed by atoms with Crippen molar-refractivity contribution in [1.29, 1.82) is 0 Å². The molecule has 1 aromatic heterocycles. The number of nitrogens with zero attached hydrogens (tertiary/aromatic N) is 2. The molecule has 3 heterocycles. The molecule has 2 saturated heterocycles. The average Bonchev–Trinajstić information content (AvgIpc) is 2.98. The maximum atomic E-state index is 12.5. The van der Waals surface area contributed by atoms with Gasteiger partial charge in [0.15, 0.2) is 0 Å². The van der Waals surface area contributed by atoms with Crippen LogP contribution in [0.25, 0.3) is 0 Å². The molecule has 1 aromatic rings. The molecule has 20 heavy (non-hydrogen) atoms. The van der Waals surface area contributed by atoms with E-state index in [0.29, 0.717) is 13.0 Å². The second kappa shape index (κ2) is 6.24. The number of likely N-dealkylation sites (tertiary alicyclic amines) is 1. The zero-order chi connectivity index (χ0) is 13.9. The van der Waals surface area contributed by atoms with E-state index in [4.69, 9.17) is 4.74 Å². The molecule has 1 amide bonds. The number of ether oxygens (including phenoxy) is 1. The lowest BCUT2D eigenvalue weighted by Gasteiger charge is -2.46. The molecule has 2 aliphatic heterocycles. The van der Waals surface area contributed by atoms with Gasteiger partial charge in [0.25, 0.3) is 0 Å². The molecule has 5 heteroatoms. The summed E-state index contributed by atoms with van der Waals surface area (Å²) in [6.45, 7) is 6.70. The quantitative estimate of drug-likeness (QED) is 0.849. The summed E-state index contributed by atoms with van der Waals surface area (Å²) in [4.78, 5) is 17.0. The van der Waals surface area contributed by atoms with Gasteiger partial charge < -0.3 is 14.5 Å². The standard InChI is InChI=1S/C15H22N2O2S/c1-2-16-5-3-13-14(10-16)19-7-6-17(13)15(18)9-12-4-8-20-11-12/h4,8,11,13-14H,2-3,5-7,9-10H2,1H3/t13-,14+/m0/s1. The van der Waals surface area contributed by atoms with E-state index >= 15 is 0 Å². The molecule has 0 aromatic carbocycles. The summed E-state index contributed by atoms with van der Waals surface area (Å²) in [5.74, 6) is 0.256. The summed E-state index contributed by atoms with van der Waals surface area (Å²) in [6, 6.07) is 2.32. The number of fused-ring (bicyclic) bond motifs is 1. The second-order valence-corrected chi connectivity index (χ2v) is 6.33. The van der Waals surface area contributed by atoms with Crippen LogP contribution in [0.5, 0.6) is 0 Å². The predicted octanol–water partition coefficient (Wildman–Crippen LogP) is 1.61. The van der Waals surface area contributed by atoms with Crippen LogP contribution in [0.4, 0.5) is 0 Å². The van der Waals surface area contributed by atoms with E-state index in [1.54, 1.807) is 11.3 Å². The number of amides is 1.